The molecule has 0 aromatic carbocycles. The molecule has 0 aliphatic rings. The van der Waals surface area contributed by atoms with Crippen LogP contribution in [-0.2, 0) is 0 Å². The predicted octanol–water partition coefficient (Wildman–Crippen LogP) is 2.19. The monoisotopic (exact) mass is 277 g/mol. The summed E-state index contributed by atoms with van der Waals surface area (Å²) < 4.78 is 2.70. The molecule has 0 saturated heterocycles. The highest BCUT2D eigenvalue weighted by Crippen LogP contribution is 2.20. The summed E-state index contributed by atoms with van der Waals surface area (Å²) in [4.78, 5) is 12.8. The van der Waals surface area contributed by atoms with Crippen LogP contribution in [0.2, 0.25) is 0 Å². The second kappa shape index (κ2) is 3.41. The third kappa shape index (κ3) is 1.34. The van der Waals surface area contributed by atoms with Crippen LogP contribution >= 0.6 is 15.9 Å². The maximum absolute atomic E-state index is 4.39. The molecule has 1 N–H and O–H groups in total. The van der Waals surface area contributed by atoms with Gasteiger partial charge in [-0.2, -0.15) is 4.98 Å². The van der Waals surface area contributed by atoms with Crippen molar-refractivity contribution in [2.45, 2.75) is 6.92 Å². The van der Waals surface area contributed by atoms with Crippen LogP contribution in [0.5, 0.6) is 0 Å². The molecule has 0 atom stereocenters. The van der Waals surface area contributed by atoms with E-state index >= 15 is 0 Å². The van der Waals surface area contributed by atoms with Crippen LogP contribution in [0.4, 0.5) is 0 Å². The lowest BCUT2D eigenvalue weighted by Crippen LogP contribution is -1.86. The highest BCUT2D eigenvalue weighted by Gasteiger charge is 2.11. The van der Waals surface area contributed by atoms with Gasteiger partial charge in [-0.1, -0.05) is 0 Å². The van der Waals surface area contributed by atoms with Gasteiger partial charge in [0.25, 0.3) is 5.78 Å². The summed E-state index contributed by atoms with van der Waals surface area (Å²) in [6, 6.07) is 3.83. The van der Waals surface area contributed by atoms with Gasteiger partial charge in [-0.25, -0.2) is 9.50 Å². The summed E-state index contributed by atoms with van der Waals surface area (Å²) >= 11 is 3.45. The SMILES string of the molecule is Cc1nc2nc(-c3cccnc3)[nH]n2c1Br. The van der Waals surface area contributed by atoms with Crippen LogP contribution in [0.3, 0.4) is 0 Å². The Kier molecular flexibility index (Phi) is 2.03. The molecule has 0 aliphatic carbocycles. The van der Waals surface area contributed by atoms with Crippen LogP contribution in [0.15, 0.2) is 29.1 Å². The minimum atomic E-state index is 0.656. The van der Waals surface area contributed by atoms with E-state index in [9.17, 15) is 0 Å². The van der Waals surface area contributed by atoms with Gasteiger partial charge in [-0.15, -0.1) is 0 Å². The molecular weight excluding hydrogens is 270 g/mol. The minimum Gasteiger partial charge on any atom is -0.273 e. The van der Waals surface area contributed by atoms with Crippen LogP contribution in [0.25, 0.3) is 17.2 Å². The molecule has 0 radical (unpaired) electrons. The summed E-state index contributed by atoms with van der Waals surface area (Å²) in [5.41, 5.74) is 1.86. The lowest BCUT2D eigenvalue weighted by Gasteiger charge is -1.93. The summed E-state index contributed by atoms with van der Waals surface area (Å²) in [5, 5.41) is 3.16. The van der Waals surface area contributed by atoms with Crippen molar-refractivity contribution in [1.29, 1.82) is 0 Å². The number of aromatic amines is 1. The number of halogens is 1. The van der Waals surface area contributed by atoms with Gasteiger partial charge in [0.05, 0.1) is 5.69 Å². The van der Waals surface area contributed by atoms with Crippen molar-refractivity contribution in [3.8, 4) is 11.4 Å². The Balaban J connectivity index is 2.20. The molecule has 80 valence electrons. The highest BCUT2D eigenvalue weighted by atomic mass is 79.9. The number of hydrogen-bond acceptors (Lipinski definition) is 3. The quantitative estimate of drug-likeness (QED) is 0.742. The average molecular weight is 278 g/mol. The van der Waals surface area contributed by atoms with E-state index in [1.807, 2.05) is 19.1 Å². The van der Waals surface area contributed by atoms with Crippen molar-refractivity contribution in [2.24, 2.45) is 0 Å². The summed E-state index contributed by atoms with van der Waals surface area (Å²) in [7, 11) is 0. The Morgan fingerprint density at radius 2 is 2.25 bits per heavy atom. The van der Waals surface area contributed by atoms with Crippen molar-refractivity contribution < 1.29 is 0 Å². The maximum Gasteiger partial charge on any atom is 0.252 e. The molecule has 0 saturated carbocycles. The molecule has 0 spiro atoms. The van der Waals surface area contributed by atoms with Crippen molar-refractivity contribution in [3.63, 3.8) is 0 Å². The summed E-state index contributed by atoms with van der Waals surface area (Å²) in [5.74, 6) is 1.42. The van der Waals surface area contributed by atoms with Crippen LogP contribution < -0.4 is 0 Å². The van der Waals surface area contributed by atoms with E-state index in [0.29, 0.717) is 5.78 Å². The molecule has 3 aromatic rings. The molecule has 3 aromatic heterocycles. The molecule has 5 nitrogen and oxygen atoms in total. The standard InChI is InChI=1S/C10H8BrN5/c1-6-8(11)16-10(13-6)14-9(15-16)7-3-2-4-12-5-7/h2-5H,1H3,(H,13,14,15). The third-order valence-corrected chi connectivity index (χ3v) is 3.26. The van der Waals surface area contributed by atoms with Gasteiger partial charge in [0, 0.05) is 18.0 Å². The van der Waals surface area contributed by atoms with Gasteiger partial charge in [-0.05, 0) is 35.0 Å². The summed E-state index contributed by atoms with van der Waals surface area (Å²) in [6.45, 7) is 1.93. The summed E-state index contributed by atoms with van der Waals surface area (Å²) in [6.07, 6.45) is 3.50. The first-order valence-electron chi connectivity index (χ1n) is 4.76. The number of aromatic nitrogens is 5. The van der Waals surface area contributed by atoms with Crippen molar-refractivity contribution in [2.75, 3.05) is 0 Å². The van der Waals surface area contributed by atoms with Crippen molar-refractivity contribution >= 4 is 21.7 Å². The highest BCUT2D eigenvalue weighted by molar-refractivity contribution is 9.10. The molecule has 6 heteroatoms. The fraction of sp³-hybridized carbons (Fsp3) is 0.100. The normalized spacial score (nSPS) is 11.1. The van der Waals surface area contributed by atoms with Crippen LogP contribution in [0.1, 0.15) is 5.69 Å². The zero-order valence-corrected chi connectivity index (χ0v) is 10.1. The number of imidazole rings is 1. The zero-order chi connectivity index (χ0) is 11.1. The van der Waals surface area contributed by atoms with E-state index in [1.165, 1.54) is 0 Å². The van der Waals surface area contributed by atoms with Crippen LogP contribution in [-0.4, -0.2) is 24.6 Å². The number of rotatable bonds is 1. The number of nitrogens with zero attached hydrogens (tertiary/aromatic N) is 4. The van der Waals surface area contributed by atoms with Gasteiger partial charge in [-0.3, -0.25) is 10.1 Å². The van der Waals surface area contributed by atoms with Gasteiger partial charge >= 0.3 is 0 Å². The molecular formula is C10H8BrN5. The van der Waals surface area contributed by atoms with Crippen LogP contribution in [0, 0.1) is 6.92 Å². The third-order valence-electron chi connectivity index (χ3n) is 2.33. The molecule has 0 amide bonds. The Morgan fingerprint density at radius 1 is 1.38 bits per heavy atom. The van der Waals surface area contributed by atoms with Gasteiger partial charge in [0.1, 0.15) is 4.60 Å². The van der Waals surface area contributed by atoms with Crippen molar-refractivity contribution in [3.05, 3.63) is 34.8 Å². The van der Waals surface area contributed by atoms with E-state index < -0.39 is 0 Å². The number of hydrogen-bond donors (Lipinski definition) is 1. The number of fused-ring (bicyclic) bond motifs is 1. The van der Waals surface area contributed by atoms with E-state index in [2.05, 4.69) is 36.0 Å². The lowest BCUT2D eigenvalue weighted by molar-refractivity contribution is 0.949. The molecule has 0 bridgehead atoms. The fourth-order valence-electron chi connectivity index (χ4n) is 1.53. The zero-order valence-electron chi connectivity index (χ0n) is 8.48. The second-order valence-corrected chi connectivity index (χ2v) is 4.19. The first-order valence-corrected chi connectivity index (χ1v) is 5.56. The average Bonchev–Trinajstić information content (AvgIpc) is 2.82. The molecule has 0 aliphatic heterocycles. The van der Waals surface area contributed by atoms with Crippen molar-refractivity contribution in [1.82, 2.24) is 24.6 Å². The molecule has 16 heavy (non-hydrogen) atoms. The number of H-pyrrole nitrogens is 1. The number of aryl methyl sites for hydroxylation is 1. The van der Waals surface area contributed by atoms with E-state index in [1.54, 1.807) is 16.9 Å². The largest absolute Gasteiger partial charge is 0.273 e. The number of nitrogens with one attached hydrogen (secondary N) is 1. The number of pyridine rings is 1. The van der Waals surface area contributed by atoms with E-state index in [0.717, 1.165) is 21.7 Å². The smallest absolute Gasteiger partial charge is 0.252 e. The second-order valence-electron chi connectivity index (χ2n) is 3.44. The first kappa shape index (κ1) is 9.53. The van der Waals surface area contributed by atoms with E-state index in [-0.39, 0.29) is 0 Å². The Hall–Kier alpha value is -1.69. The maximum atomic E-state index is 4.39. The molecule has 3 rings (SSSR count). The Bertz CT molecular complexity index is 640. The Labute approximate surface area is 99.7 Å². The van der Waals surface area contributed by atoms with Gasteiger partial charge in [0.2, 0.25) is 0 Å². The predicted molar refractivity (Wildman–Crippen MR) is 63.0 cm³/mol. The first-order chi connectivity index (χ1) is 7.75. The topological polar surface area (TPSA) is 58.9 Å². The van der Waals surface area contributed by atoms with Gasteiger partial charge < -0.3 is 0 Å². The Morgan fingerprint density at radius 3 is 2.94 bits per heavy atom. The minimum absolute atomic E-state index is 0.656. The lowest BCUT2D eigenvalue weighted by atomic mass is 10.3. The molecule has 0 fully saturated rings. The fourth-order valence-corrected chi connectivity index (χ4v) is 1.87. The van der Waals surface area contributed by atoms with E-state index in [4.69, 9.17) is 0 Å². The van der Waals surface area contributed by atoms with Gasteiger partial charge in [0.15, 0.2) is 5.82 Å². The molecule has 0 unspecified atom stereocenters. The molecule has 3 heterocycles.